The molecule has 0 radical (unpaired) electrons. The fourth-order valence-electron chi connectivity index (χ4n) is 2.47. The summed E-state index contributed by atoms with van der Waals surface area (Å²) in [4.78, 5) is 0. The van der Waals surface area contributed by atoms with E-state index in [1.807, 2.05) is 7.05 Å². The minimum atomic E-state index is 0.454. The summed E-state index contributed by atoms with van der Waals surface area (Å²) in [5.41, 5.74) is 0. The first kappa shape index (κ1) is 9.44. The van der Waals surface area contributed by atoms with Crippen molar-refractivity contribution >= 4 is 0 Å². The van der Waals surface area contributed by atoms with E-state index in [9.17, 15) is 0 Å². The van der Waals surface area contributed by atoms with E-state index in [2.05, 4.69) is 5.32 Å². The minimum absolute atomic E-state index is 0.454. The van der Waals surface area contributed by atoms with Gasteiger partial charge in [0, 0.05) is 31.6 Å². The van der Waals surface area contributed by atoms with Gasteiger partial charge in [0.1, 0.15) is 0 Å². The topological polar surface area (TPSA) is 30.5 Å². The highest BCUT2D eigenvalue weighted by molar-refractivity contribution is 4.85. The summed E-state index contributed by atoms with van der Waals surface area (Å²) in [7, 11) is 2.01. The fourth-order valence-corrected chi connectivity index (χ4v) is 2.47. The van der Waals surface area contributed by atoms with E-state index in [1.54, 1.807) is 0 Å². The number of rotatable bonds is 3. The Labute approximate surface area is 79.8 Å². The van der Waals surface area contributed by atoms with Crippen molar-refractivity contribution in [2.75, 3.05) is 33.4 Å². The molecule has 0 aromatic rings. The quantitative estimate of drug-likeness (QED) is 0.700. The predicted molar refractivity (Wildman–Crippen MR) is 50.7 cm³/mol. The van der Waals surface area contributed by atoms with E-state index in [-0.39, 0.29) is 0 Å². The molecule has 0 bridgehead atoms. The van der Waals surface area contributed by atoms with Crippen LogP contribution in [0.2, 0.25) is 0 Å². The normalized spacial score (nSPS) is 39.9. The Bertz CT molecular complexity index is 157. The standard InChI is InChI=1S/C10H19NO2/c1-11-6-8-3-5-13-10(8)9-2-4-12-7-9/h8-11H,2-7H2,1H3. The van der Waals surface area contributed by atoms with Gasteiger partial charge in [-0.1, -0.05) is 0 Å². The molecule has 3 heteroatoms. The van der Waals surface area contributed by atoms with E-state index in [0.717, 1.165) is 26.4 Å². The van der Waals surface area contributed by atoms with Gasteiger partial charge in [-0.25, -0.2) is 0 Å². The molecular weight excluding hydrogens is 166 g/mol. The Balaban J connectivity index is 1.88. The Hall–Kier alpha value is -0.120. The molecule has 0 spiro atoms. The van der Waals surface area contributed by atoms with Crippen molar-refractivity contribution in [3.8, 4) is 0 Å². The van der Waals surface area contributed by atoms with E-state index < -0.39 is 0 Å². The van der Waals surface area contributed by atoms with Crippen LogP contribution in [0.5, 0.6) is 0 Å². The van der Waals surface area contributed by atoms with Crippen LogP contribution in [0.1, 0.15) is 12.8 Å². The molecule has 1 N–H and O–H groups in total. The van der Waals surface area contributed by atoms with Crippen molar-refractivity contribution in [2.24, 2.45) is 11.8 Å². The highest BCUT2D eigenvalue weighted by atomic mass is 16.5. The Kier molecular flexibility index (Phi) is 3.19. The van der Waals surface area contributed by atoms with Crippen LogP contribution in [0.4, 0.5) is 0 Å². The van der Waals surface area contributed by atoms with Crippen LogP contribution in [-0.2, 0) is 9.47 Å². The average molecular weight is 185 g/mol. The zero-order valence-corrected chi connectivity index (χ0v) is 8.29. The third-order valence-electron chi connectivity index (χ3n) is 3.16. The van der Waals surface area contributed by atoms with Crippen molar-refractivity contribution < 1.29 is 9.47 Å². The lowest BCUT2D eigenvalue weighted by Gasteiger charge is -2.22. The first-order valence-corrected chi connectivity index (χ1v) is 5.25. The summed E-state index contributed by atoms with van der Waals surface area (Å²) < 4.78 is 11.2. The molecule has 2 aliphatic heterocycles. The van der Waals surface area contributed by atoms with Gasteiger partial charge in [0.25, 0.3) is 0 Å². The zero-order valence-electron chi connectivity index (χ0n) is 8.29. The number of ether oxygens (including phenoxy) is 2. The van der Waals surface area contributed by atoms with E-state index in [1.165, 1.54) is 12.8 Å². The molecule has 2 aliphatic rings. The first-order chi connectivity index (χ1) is 6.42. The van der Waals surface area contributed by atoms with Crippen LogP contribution in [0, 0.1) is 11.8 Å². The van der Waals surface area contributed by atoms with Crippen molar-refractivity contribution in [3.05, 3.63) is 0 Å². The lowest BCUT2D eigenvalue weighted by Crippen LogP contribution is -2.32. The smallest absolute Gasteiger partial charge is 0.0667 e. The highest BCUT2D eigenvalue weighted by Crippen LogP contribution is 2.30. The molecule has 13 heavy (non-hydrogen) atoms. The summed E-state index contributed by atoms with van der Waals surface area (Å²) in [5, 5.41) is 3.24. The molecule has 3 atom stereocenters. The molecule has 2 fully saturated rings. The van der Waals surface area contributed by atoms with Gasteiger partial charge in [-0.3, -0.25) is 0 Å². The van der Waals surface area contributed by atoms with Crippen LogP contribution in [-0.4, -0.2) is 39.5 Å². The maximum Gasteiger partial charge on any atom is 0.0667 e. The third kappa shape index (κ3) is 2.03. The van der Waals surface area contributed by atoms with Crippen molar-refractivity contribution in [1.29, 1.82) is 0 Å². The van der Waals surface area contributed by atoms with E-state index >= 15 is 0 Å². The molecule has 76 valence electrons. The second kappa shape index (κ2) is 4.40. The monoisotopic (exact) mass is 185 g/mol. The van der Waals surface area contributed by atoms with Gasteiger partial charge in [-0.05, 0) is 19.9 Å². The Morgan fingerprint density at radius 2 is 2.23 bits per heavy atom. The zero-order chi connectivity index (χ0) is 9.10. The van der Waals surface area contributed by atoms with Crippen LogP contribution in [0.25, 0.3) is 0 Å². The summed E-state index contributed by atoms with van der Waals surface area (Å²) >= 11 is 0. The molecule has 0 aromatic heterocycles. The fraction of sp³-hybridized carbons (Fsp3) is 1.00. The van der Waals surface area contributed by atoms with Gasteiger partial charge >= 0.3 is 0 Å². The molecule has 2 saturated heterocycles. The third-order valence-corrected chi connectivity index (χ3v) is 3.16. The van der Waals surface area contributed by atoms with Gasteiger partial charge in [-0.15, -0.1) is 0 Å². The maximum absolute atomic E-state index is 5.78. The first-order valence-electron chi connectivity index (χ1n) is 5.25. The van der Waals surface area contributed by atoms with Gasteiger partial charge < -0.3 is 14.8 Å². The van der Waals surface area contributed by atoms with Crippen molar-refractivity contribution in [2.45, 2.75) is 18.9 Å². The number of nitrogens with one attached hydrogen (secondary N) is 1. The highest BCUT2D eigenvalue weighted by Gasteiger charge is 2.36. The van der Waals surface area contributed by atoms with Gasteiger partial charge in [0.15, 0.2) is 0 Å². The number of hydrogen-bond acceptors (Lipinski definition) is 3. The molecule has 2 heterocycles. The lowest BCUT2D eigenvalue weighted by molar-refractivity contribution is 0.0361. The molecule has 0 aliphatic carbocycles. The summed E-state index contributed by atoms with van der Waals surface area (Å²) in [6.07, 6.45) is 2.85. The molecule has 3 unspecified atom stereocenters. The molecule has 3 nitrogen and oxygen atoms in total. The van der Waals surface area contributed by atoms with Crippen LogP contribution < -0.4 is 5.32 Å². The van der Waals surface area contributed by atoms with Gasteiger partial charge in [0.05, 0.1) is 12.7 Å². The summed E-state index contributed by atoms with van der Waals surface area (Å²) in [6, 6.07) is 0. The lowest BCUT2D eigenvalue weighted by atomic mass is 9.90. The Morgan fingerprint density at radius 3 is 2.92 bits per heavy atom. The second-order valence-corrected chi connectivity index (χ2v) is 4.07. The van der Waals surface area contributed by atoms with Gasteiger partial charge in [0.2, 0.25) is 0 Å². The second-order valence-electron chi connectivity index (χ2n) is 4.07. The molecular formula is C10H19NO2. The molecule has 0 amide bonds. The van der Waals surface area contributed by atoms with E-state index in [4.69, 9.17) is 9.47 Å². The molecule has 0 aromatic carbocycles. The largest absolute Gasteiger partial charge is 0.381 e. The van der Waals surface area contributed by atoms with Gasteiger partial charge in [-0.2, -0.15) is 0 Å². The summed E-state index contributed by atoms with van der Waals surface area (Å²) in [5.74, 6) is 1.36. The van der Waals surface area contributed by atoms with Crippen LogP contribution in [0.3, 0.4) is 0 Å². The maximum atomic E-state index is 5.78. The number of hydrogen-bond donors (Lipinski definition) is 1. The van der Waals surface area contributed by atoms with Crippen molar-refractivity contribution in [3.63, 3.8) is 0 Å². The van der Waals surface area contributed by atoms with Crippen LogP contribution >= 0.6 is 0 Å². The van der Waals surface area contributed by atoms with Crippen LogP contribution in [0.15, 0.2) is 0 Å². The molecule has 2 rings (SSSR count). The predicted octanol–water partition coefficient (Wildman–Crippen LogP) is 0.647. The van der Waals surface area contributed by atoms with E-state index in [0.29, 0.717) is 17.9 Å². The average Bonchev–Trinajstić information content (AvgIpc) is 2.71. The Morgan fingerprint density at radius 1 is 1.31 bits per heavy atom. The van der Waals surface area contributed by atoms with Crippen molar-refractivity contribution in [1.82, 2.24) is 5.32 Å². The molecule has 0 saturated carbocycles. The summed E-state index contributed by atoms with van der Waals surface area (Å²) in [6.45, 7) is 3.86. The minimum Gasteiger partial charge on any atom is -0.381 e. The SMILES string of the molecule is CNCC1CCOC1C1CCOC1.